The molecule has 0 bridgehead atoms. The Morgan fingerprint density at radius 2 is 2.00 bits per heavy atom. The van der Waals surface area contributed by atoms with Gasteiger partial charge in [0.1, 0.15) is 0 Å². The van der Waals surface area contributed by atoms with Gasteiger partial charge in [-0.1, -0.05) is 18.5 Å². The summed E-state index contributed by atoms with van der Waals surface area (Å²) in [6, 6.07) is 3.56. The van der Waals surface area contributed by atoms with Crippen molar-refractivity contribution in [3.8, 4) is 11.4 Å². The summed E-state index contributed by atoms with van der Waals surface area (Å²) in [5, 5.41) is 3.84. The highest BCUT2D eigenvalue weighted by Crippen LogP contribution is 2.21. The first-order valence-electron chi connectivity index (χ1n) is 9.27. The van der Waals surface area contributed by atoms with Crippen LogP contribution in [0, 0.1) is 5.92 Å². The monoisotopic (exact) mass is 408 g/mol. The molecule has 0 saturated carbocycles. The number of hydrazine groups is 1. The summed E-state index contributed by atoms with van der Waals surface area (Å²) in [4.78, 5) is 20.4. The summed E-state index contributed by atoms with van der Waals surface area (Å²) in [6.07, 6.45) is 5.68. The number of piperidine rings is 1. The van der Waals surface area contributed by atoms with Gasteiger partial charge in [0.25, 0.3) is 0 Å². The van der Waals surface area contributed by atoms with Crippen molar-refractivity contribution in [2.75, 3.05) is 24.3 Å². The Morgan fingerprint density at radius 1 is 1.29 bits per heavy atom. The van der Waals surface area contributed by atoms with Crippen LogP contribution in [0.15, 0.2) is 29.0 Å². The van der Waals surface area contributed by atoms with Crippen molar-refractivity contribution < 1.29 is 17.7 Å². The molecule has 2 N–H and O–H groups in total. The maximum Gasteiger partial charge on any atom is 0.340 e. The van der Waals surface area contributed by atoms with E-state index in [4.69, 9.17) is 4.52 Å². The van der Waals surface area contributed by atoms with Gasteiger partial charge in [0, 0.05) is 37.0 Å². The number of carbonyl (C=O) groups excluding carboxylic acids is 1. The minimum atomic E-state index is -3.23. The van der Waals surface area contributed by atoms with Crippen LogP contribution in [0.5, 0.6) is 0 Å². The van der Waals surface area contributed by atoms with Gasteiger partial charge in [-0.15, -0.1) is 0 Å². The minimum absolute atomic E-state index is 0.0692. The molecule has 2 aromatic heterocycles. The Labute approximate surface area is 163 Å². The number of aromatic nitrogens is 3. The van der Waals surface area contributed by atoms with Crippen molar-refractivity contribution in [3.05, 3.63) is 24.5 Å². The molecule has 1 aliphatic heterocycles. The molecule has 2 aromatic rings. The number of sulfonamides is 1. The van der Waals surface area contributed by atoms with Crippen molar-refractivity contribution in [1.82, 2.24) is 24.9 Å². The van der Waals surface area contributed by atoms with Crippen LogP contribution in [0.25, 0.3) is 11.4 Å². The van der Waals surface area contributed by atoms with Gasteiger partial charge in [0.15, 0.2) is 0 Å². The number of hydrogen-bond acceptors (Lipinski definition) is 8. The maximum atomic E-state index is 12.3. The van der Waals surface area contributed by atoms with E-state index in [1.807, 2.05) is 6.92 Å². The SMILES string of the molecule is CCCCS(=O)(=O)N1CCC(C(=O)NNc2nc(-c3ccncc3)no2)CC1. The molecule has 1 saturated heterocycles. The summed E-state index contributed by atoms with van der Waals surface area (Å²) in [7, 11) is -3.23. The van der Waals surface area contributed by atoms with Crippen LogP contribution in [0.1, 0.15) is 32.6 Å². The van der Waals surface area contributed by atoms with E-state index in [1.165, 1.54) is 4.31 Å². The van der Waals surface area contributed by atoms with Gasteiger partial charge >= 0.3 is 6.01 Å². The van der Waals surface area contributed by atoms with Crippen LogP contribution >= 0.6 is 0 Å². The Kier molecular flexibility index (Phi) is 6.57. The predicted molar refractivity (Wildman–Crippen MR) is 102 cm³/mol. The normalized spacial score (nSPS) is 16.0. The van der Waals surface area contributed by atoms with Gasteiger partial charge in [0.05, 0.1) is 5.75 Å². The Balaban J connectivity index is 1.47. The number of carbonyl (C=O) groups is 1. The zero-order chi connectivity index (χ0) is 20.0. The van der Waals surface area contributed by atoms with E-state index < -0.39 is 10.0 Å². The first-order chi connectivity index (χ1) is 13.5. The van der Waals surface area contributed by atoms with Crippen LogP contribution in [0.2, 0.25) is 0 Å². The average Bonchev–Trinajstić information content (AvgIpc) is 3.20. The lowest BCUT2D eigenvalue weighted by Crippen LogP contribution is -2.44. The highest BCUT2D eigenvalue weighted by molar-refractivity contribution is 7.89. The largest absolute Gasteiger partial charge is 0.340 e. The van der Waals surface area contributed by atoms with Crippen LogP contribution < -0.4 is 10.9 Å². The second-order valence-electron chi connectivity index (χ2n) is 6.62. The predicted octanol–water partition coefficient (Wildman–Crippen LogP) is 1.42. The van der Waals surface area contributed by atoms with E-state index in [1.54, 1.807) is 24.5 Å². The highest BCUT2D eigenvalue weighted by Gasteiger charge is 2.30. The van der Waals surface area contributed by atoms with Gasteiger partial charge in [-0.2, -0.15) is 4.98 Å². The molecule has 0 radical (unpaired) electrons. The molecule has 1 aliphatic rings. The molecule has 3 heterocycles. The molecular weight excluding hydrogens is 384 g/mol. The number of pyridine rings is 1. The molecule has 0 unspecified atom stereocenters. The third-order valence-corrected chi connectivity index (χ3v) is 6.59. The zero-order valence-corrected chi connectivity index (χ0v) is 16.5. The molecule has 0 spiro atoms. The fraction of sp³-hybridized carbons (Fsp3) is 0.529. The van der Waals surface area contributed by atoms with Gasteiger partial charge in [-0.25, -0.2) is 18.1 Å². The smallest absolute Gasteiger partial charge is 0.313 e. The fourth-order valence-electron chi connectivity index (χ4n) is 2.96. The van der Waals surface area contributed by atoms with Crippen LogP contribution in [0.3, 0.4) is 0 Å². The lowest BCUT2D eigenvalue weighted by molar-refractivity contribution is -0.125. The van der Waals surface area contributed by atoms with Gasteiger partial charge < -0.3 is 4.52 Å². The van der Waals surface area contributed by atoms with Crippen molar-refractivity contribution in [3.63, 3.8) is 0 Å². The first-order valence-corrected chi connectivity index (χ1v) is 10.9. The number of amides is 1. The van der Waals surface area contributed by atoms with E-state index >= 15 is 0 Å². The highest BCUT2D eigenvalue weighted by atomic mass is 32.2. The number of nitrogens with one attached hydrogen (secondary N) is 2. The molecule has 1 fully saturated rings. The molecule has 0 aliphatic carbocycles. The molecule has 10 nitrogen and oxygen atoms in total. The van der Waals surface area contributed by atoms with Crippen LogP contribution in [-0.2, 0) is 14.8 Å². The first kappa shape index (κ1) is 20.2. The summed E-state index contributed by atoms with van der Waals surface area (Å²) < 4.78 is 31.0. The Bertz CT molecular complexity index is 878. The number of rotatable bonds is 8. The quantitative estimate of drug-likeness (QED) is 0.627. The molecule has 1 amide bonds. The fourth-order valence-corrected chi connectivity index (χ4v) is 4.64. The molecule has 0 aromatic carbocycles. The van der Waals surface area contributed by atoms with E-state index in [2.05, 4.69) is 26.0 Å². The average molecular weight is 408 g/mol. The third kappa shape index (κ3) is 5.04. The molecule has 3 rings (SSSR count). The molecule has 0 atom stereocenters. The second-order valence-corrected chi connectivity index (χ2v) is 8.70. The lowest BCUT2D eigenvalue weighted by Gasteiger charge is -2.30. The van der Waals surface area contributed by atoms with E-state index in [0.717, 1.165) is 12.0 Å². The summed E-state index contributed by atoms with van der Waals surface area (Å²) in [5.74, 6) is 0.0468. The van der Waals surface area contributed by atoms with E-state index in [0.29, 0.717) is 38.2 Å². The van der Waals surface area contributed by atoms with Crippen molar-refractivity contribution in [2.24, 2.45) is 5.92 Å². The summed E-state index contributed by atoms with van der Waals surface area (Å²) >= 11 is 0. The Morgan fingerprint density at radius 3 is 2.68 bits per heavy atom. The van der Waals surface area contributed by atoms with Crippen LogP contribution in [0.4, 0.5) is 6.01 Å². The minimum Gasteiger partial charge on any atom is -0.313 e. The molecule has 28 heavy (non-hydrogen) atoms. The van der Waals surface area contributed by atoms with Gasteiger partial charge in [-0.05, 0) is 31.4 Å². The van der Waals surface area contributed by atoms with Gasteiger partial charge in [-0.3, -0.25) is 15.2 Å². The number of unbranched alkanes of at least 4 members (excludes halogenated alkanes) is 1. The summed E-state index contributed by atoms with van der Waals surface area (Å²) in [6.45, 7) is 2.68. The van der Waals surface area contributed by atoms with Crippen molar-refractivity contribution >= 4 is 21.9 Å². The van der Waals surface area contributed by atoms with E-state index in [-0.39, 0.29) is 23.6 Å². The Hall–Kier alpha value is -2.53. The number of nitrogens with zero attached hydrogens (tertiary/aromatic N) is 4. The topological polar surface area (TPSA) is 130 Å². The zero-order valence-electron chi connectivity index (χ0n) is 15.7. The number of anilines is 1. The second kappa shape index (κ2) is 9.11. The van der Waals surface area contributed by atoms with Gasteiger partial charge in [0.2, 0.25) is 21.8 Å². The van der Waals surface area contributed by atoms with Crippen LogP contribution in [-0.4, -0.2) is 52.6 Å². The molecule has 11 heteroatoms. The van der Waals surface area contributed by atoms with Crippen molar-refractivity contribution in [2.45, 2.75) is 32.6 Å². The standard InChI is InChI=1S/C17H24N6O4S/c1-2-3-12-28(25,26)23-10-6-14(7-11-23)16(24)20-21-17-19-15(22-27-17)13-4-8-18-9-5-13/h4-5,8-9,14H,2-3,6-7,10-12H2,1H3,(H,20,24)(H,19,21,22). The number of hydrogen-bond donors (Lipinski definition) is 2. The lowest BCUT2D eigenvalue weighted by atomic mass is 9.98. The molecule has 152 valence electrons. The third-order valence-electron chi connectivity index (χ3n) is 4.63. The van der Waals surface area contributed by atoms with E-state index in [9.17, 15) is 13.2 Å². The van der Waals surface area contributed by atoms with Crippen molar-refractivity contribution in [1.29, 1.82) is 0 Å². The summed E-state index contributed by atoms with van der Waals surface area (Å²) in [5.41, 5.74) is 5.91. The maximum absolute atomic E-state index is 12.3. The molecular formula is C17H24N6O4S.